The zero-order chi connectivity index (χ0) is 21.5. The summed E-state index contributed by atoms with van der Waals surface area (Å²) in [4.78, 5) is 7.59. The van der Waals surface area contributed by atoms with Gasteiger partial charge >= 0.3 is 0 Å². The Kier molecular flexibility index (Phi) is 9.22. The van der Waals surface area contributed by atoms with Crippen molar-refractivity contribution in [3.8, 4) is 17.2 Å². The van der Waals surface area contributed by atoms with E-state index in [0.29, 0.717) is 12.5 Å². The predicted octanol–water partition coefficient (Wildman–Crippen LogP) is 3.95. The summed E-state index contributed by atoms with van der Waals surface area (Å²) in [6, 6.07) is 10.2. The molecule has 3 aromatic rings. The Balaban J connectivity index is 0.00000341. The van der Waals surface area contributed by atoms with Gasteiger partial charge in [-0.1, -0.05) is 6.07 Å². The Morgan fingerprint density at radius 3 is 2.61 bits per heavy atom. The van der Waals surface area contributed by atoms with Crippen LogP contribution in [0.5, 0.6) is 17.2 Å². The highest BCUT2D eigenvalue weighted by Gasteiger charge is 2.09. The van der Waals surface area contributed by atoms with Gasteiger partial charge in [0.2, 0.25) is 0 Å². The van der Waals surface area contributed by atoms with E-state index in [0.717, 1.165) is 53.0 Å². The minimum absolute atomic E-state index is 0. The topological polar surface area (TPSA) is 90.9 Å². The number of nitrogens with zero attached hydrogens (tertiary/aromatic N) is 1. The van der Waals surface area contributed by atoms with Crippen molar-refractivity contribution >= 4 is 40.8 Å². The van der Waals surface area contributed by atoms with Crippen LogP contribution in [0.15, 0.2) is 41.4 Å². The molecule has 2 aromatic carbocycles. The lowest BCUT2D eigenvalue weighted by Gasteiger charge is -2.12. The molecule has 31 heavy (non-hydrogen) atoms. The largest absolute Gasteiger partial charge is 0.505 e. The number of phenols is 1. The number of nitrogens with one attached hydrogen (secondary N) is 3. The lowest BCUT2D eigenvalue weighted by molar-refractivity contribution is 0.398. The first-order chi connectivity index (χ1) is 14.5. The predicted molar refractivity (Wildman–Crippen MR) is 131 cm³/mol. The van der Waals surface area contributed by atoms with E-state index in [-0.39, 0.29) is 29.7 Å². The summed E-state index contributed by atoms with van der Waals surface area (Å²) in [6.45, 7) is 1.12. The van der Waals surface area contributed by atoms with Crippen molar-refractivity contribution in [3.05, 3.63) is 53.5 Å². The first kappa shape index (κ1) is 24.6. The summed E-state index contributed by atoms with van der Waals surface area (Å²) >= 11 is 0. The third kappa shape index (κ3) is 6.39. The lowest BCUT2D eigenvalue weighted by atomic mass is 10.2. The zero-order valence-electron chi connectivity index (χ0n) is 17.8. The van der Waals surface area contributed by atoms with Crippen LogP contribution >= 0.6 is 24.0 Å². The van der Waals surface area contributed by atoms with Crippen molar-refractivity contribution in [1.82, 2.24) is 15.6 Å². The third-order valence-electron chi connectivity index (χ3n) is 4.80. The summed E-state index contributed by atoms with van der Waals surface area (Å²) in [5.74, 6) is 1.17. The van der Waals surface area contributed by atoms with Crippen LogP contribution in [0, 0.1) is 5.82 Å². The highest BCUT2D eigenvalue weighted by atomic mass is 127. The van der Waals surface area contributed by atoms with E-state index in [1.807, 2.05) is 12.1 Å². The summed E-state index contributed by atoms with van der Waals surface area (Å²) in [5.41, 5.74) is 2.81. The maximum Gasteiger partial charge on any atom is 0.191 e. The number of H-pyrrole nitrogens is 1. The normalized spacial score (nSPS) is 11.2. The number of benzene rings is 2. The molecule has 9 heteroatoms. The van der Waals surface area contributed by atoms with Crippen LogP contribution in [0.1, 0.15) is 17.7 Å². The zero-order valence-corrected chi connectivity index (χ0v) is 20.1. The summed E-state index contributed by atoms with van der Waals surface area (Å²) in [5, 5.41) is 16.7. The monoisotopic (exact) mass is 542 g/mol. The number of aliphatic imine (C=N–C) groups is 1. The van der Waals surface area contributed by atoms with Crippen molar-refractivity contribution in [2.45, 2.75) is 19.4 Å². The van der Waals surface area contributed by atoms with Gasteiger partial charge in [0.1, 0.15) is 11.5 Å². The Morgan fingerprint density at radius 2 is 1.94 bits per heavy atom. The molecule has 4 N–H and O–H groups in total. The van der Waals surface area contributed by atoms with Gasteiger partial charge in [0.15, 0.2) is 17.5 Å². The second-order valence-corrected chi connectivity index (χ2v) is 6.83. The highest BCUT2D eigenvalue weighted by molar-refractivity contribution is 14.0. The van der Waals surface area contributed by atoms with Crippen LogP contribution in [0.2, 0.25) is 0 Å². The van der Waals surface area contributed by atoms with E-state index in [1.54, 1.807) is 27.3 Å². The maximum absolute atomic E-state index is 13.4. The number of hydrogen-bond donors (Lipinski definition) is 4. The second-order valence-electron chi connectivity index (χ2n) is 6.83. The Bertz CT molecular complexity index is 1040. The molecule has 0 atom stereocenters. The summed E-state index contributed by atoms with van der Waals surface area (Å²) < 4.78 is 24.2. The maximum atomic E-state index is 13.4. The number of aryl methyl sites for hydroxylation is 1. The van der Waals surface area contributed by atoms with Gasteiger partial charge in [0, 0.05) is 43.4 Å². The second kappa shape index (κ2) is 11.6. The fraction of sp³-hybridized carbons (Fsp3) is 0.318. The Hall–Kier alpha value is -2.69. The third-order valence-corrected chi connectivity index (χ3v) is 4.80. The van der Waals surface area contributed by atoms with Gasteiger partial charge in [-0.05, 0) is 36.6 Å². The smallest absolute Gasteiger partial charge is 0.191 e. The Morgan fingerprint density at radius 1 is 1.13 bits per heavy atom. The van der Waals surface area contributed by atoms with Crippen molar-refractivity contribution in [1.29, 1.82) is 0 Å². The molecule has 7 nitrogen and oxygen atoms in total. The molecular formula is C22H28FIN4O3. The number of guanidine groups is 1. The van der Waals surface area contributed by atoms with Crippen molar-refractivity contribution in [3.63, 3.8) is 0 Å². The van der Waals surface area contributed by atoms with Gasteiger partial charge in [-0.2, -0.15) is 0 Å². The summed E-state index contributed by atoms with van der Waals surface area (Å²) in [6.07, 6.45) is 1.74. The molecule has 0 radical (unpaired) electrons. The van der Waals surface area contributed by atoms with E-state index in [2.05, 4.69) is 26.7 Å². The molecule has 168 valence electrons. The van der Waals surface area contributed by atoms with Crippen molar-refractivity contribution < 1.29 is 19.0 Å². The fourth-order valence-corrected chi connectivity index (χ4v) is 3.21. The van der Waals surface area contributed by atoms with Crippen molar-refractivity contribution in [2.75, 3.05) is 27.8 Å². The number of ether oxygens (including phenoxy) is 2. The number of aromatic hydroxyl groups is 1. The van der Waals surface area contributed by atoms with Gasteiger partial charge in [-0.3, -0.25) is 4.99 Å². The SMILES string of the molecule is CN=C(NCCCc1cc2c(OC)cc(OC)cc2[nH]1)NCc1ccc(O)c(F)c1.I. The van der Waals surface area contributed by atoms with E-state index in [1.165, 1.54) is 12.1 Å². The molecule has 0 unspecified atom stereocenters. The molecule has 0 aliphatic carbocycles. The number of methoxy groups -OCH3 is 2. The van der Waals surface area contributed by atoms with E-state index in [4.69, 9.17) is 9.47 Å². The molecule has 0 saturated carbocycles. The average molecular weight is 542 g/mol. The van der Waals surface area contributed by atoms with Crippen LogP contribution < -0.4 is 20.1 Å². The molecule has 0 bridgehead atoms. The first-order valence-corrected chi connectivity index (χ1v) is 9.69. The number of rotatable bonds is 8. The number of fused-ring (bicyclic) bond motifs is 1. The molecule has 3 rings (SSSR count). The van der Waals surface area contributed by atoms with Gasteiger partial charge in [-0.15, -0.1) is 24.0 Å². The minimum Gasteiger partial charge on any atom is -0.505 e. The first-order valence-electron chi connectivity index (χ1n) is 9.69. The van der Waals surface area contributed by atoms with Gasteiger partial charge in [0.05, 0.1) is 19.7 Å². The molecule has 1 aromatic heterocycles. The van der Waals surface area contributed by atoms with Crippen LogP contribution in [0.25, 0.3) is 10.9 Å². The fourth-order valence-electron chi connectivity index (χ4n) is 3.21. The van der Waals surface area contributed by atoms with E-state index < -0.39 is 5.82 Å². The number of aromatic amines is 1. The number of halogens is 2. The molecule has 0 spiro atoms. The lowest BCUT2D eigenvalue weighted by Crippen LogP contribution is -2.37. The molecule has 0 saturated heterocycles. The van der Waals surface area contributed by atoms with Gasteiger partial charge in [-0.25, -0.2) is 4.39 Å². The highest BCUT2D eigenvalue weighted by Crippen LogP contribution is 2.31. The standard InChI is InChI=1S/C22H27FN4O3.HI/c1-24-22(26-13-14-6-7-20(28)18(23)9-14)25-8-4-5-15-10-17-19(27-15)11-16(29-2)12-21(17)30-3;/h6-7,9-12,27-28H,4-5,8,13H2,1-3H3,(H2,24,25,26);1H. The molecule has 0 fully saturated rings. The average Bonchev–Trinajstić information content (AvgIpc) is 3.17. The van der Waals surface area contributed by atoms with Gasteiger partial charge in [0.25, 0.3) is 0 Å². The molecular weight excluding hydrogens is 514 g/mol. The van der Waals surface area contributed by atoms with Gasteiger partial charge < -0.3 is 30.2 Å². The van der Waals surface area contributed by atoms with E-state index in [9.17, 15) is 9.50 Å². The molecule has 0 amide bonds. The van der Waals surface area contributed by atoms with Crippen LogP contribution in [-0.4, -0.2) is 43.9 Å². The summed E-state index contributed by atoms with van der Waals surface area (Å²) in [7, 11) is 4.97. The molecule has 0 aliphatic rings. The number of hydrogen-bond acceptors (Lipinski definition) is 4. The Labute approximate surface area is 198 Å². The quantitative estimate of drug-likeness (QED) is 0.150. The van der Waals surface area contributed by atoms with Crippen molar-refractivity contribution in [2.24, 2.45) is 4.99 Å². The van der Waals surface area contributed by atoms with E-state index >= 15 is 0 Å². The molecule has 1 heterocycles. The number of phenolic OH excluding ortho intramolecular Hbond substituents is 1. The van der Waals surface area contributed by atoms with Crippen LogP contribution in [0.3, 0.4) is 0 Å². The molecule has 0 aliphatic heterocycles. The van der Waals surface area contributed by atoms with Crippen LogP contribution in [-0.2, 0) is 13.0 Å². The van der Waals surface area contributed by atoms with Crippen LogP contribution in [0.4, 0.5) is 4.39 Å². The minimum atomic E-state index is -0.634. The number of aromatic nitrogens is 1.